The average molecular weight is 638 g/mol. The van der Waals surface area contributed by atoms with Gasteiger partial charge in [0, 0.05) is 23.7 Å². The van der Waals surface area contributed by atoms with Gasteiger partial charge >= 0.3 is 0 Å². The number of rotatable bonds is 9. The highest BCUT2D eigenvalue weighted by Crippen LogP contribution is 2.49. The molecule has 1 saturated carbocycles. The van der Waals surface area contributed by atoms with E-state index >= 15 is 0 Å². The van der Waals surface area contributed by atoms with E-state index in [4.69, 9.17) is 9.47 Å². The van der Waals surface area contributed by atoms with E-state index in [0.717, 1.165) is 11.1 Å². The number of aryl methyl sites for hydroxylation is 2. The molecular weight excluding hydrogens is 600 g/mol. The number of benzene rings is 3. The van der Waals surface area contributed by atoms with Crippen LogP contribution in [0.5, 0.6) is 11.5 Å². The normalized spacial score (nSPS) is 21.9. The maximum absolute atomic E-state index is 14.1. The number of halogens is 1. The lowest BCUT2D eigenvalue weighted by atomic mass is 9.61. The SMILES string of the molecule is CCc1ccccc1NC(=O)C1C(=O)CC(C)(O)C(C(=O)Nc2ccccc2CC)C1c1cc(Br)c(OC)c(OC)c1. The molecule has 1 aliphatic carbocycles. The Morgan fingerprint density at radius 2 is 1.48 bits per heavy atom. The van der Waals surface area contributed by atoms with E-state index < -0.39 is 41.0 Å². The summed E-state index contributed by atoms with van der Waals surface area (Å²) in [7, 11) is 2.98. The average Bonchev–Trinajstić information content (AvgIpc) is 2.96. The van der Waals surface area contributed by atoms with E-state index in [1.807, 2.05) is 50.2 Å². The fourth-order valence-electron chi connectivity index (χ4n) is 5.94. The molecule has 0 bridgehead atoms. The highest BCUT2D eigenvalue weighted by Gasteiger charge is 2.56. The van der Waals surface area contributed by atoms with Crippen molar-refractivity contribution in [2.24, 2.45) is 11.8 Å². The minimum absolute atomic E-state index is 0.352. The van der Waals surface area contributed by atoms with Crippen molar-refractivity contribution >= 4 is 44.9 Å². The molecule has 42 heavy (non-hydrogen) atoms. The van der Waals surface area contributed by atoms with Crippen molar-refractivity contribution in [3.8, 4) is 11.5 Å². The van der Waals surface area contributed by atoms with Gasteiger partial charge in [-0.3, -0.25) is 14.4 Å². The summed E-state index contributed by atoms with van der Waals surface area (Å²) in [6.07, 6.45) is 1.00. The van der Waals surface area contributed by atoms with Crippen LogP contribution in [-0.4, -0.2) is 42.5 Å². The summed E-state index contributed by atoms with van der Waals surface area (Å²) in [5, 5.41) is 17.6. The Kier molecular flexibility index (Phi) is 9.74. The van der Waals surface area contributed by atoms with Crippen LogP contribution < -0.4 is 20.1 Å². The summed E-state index contributed by atoms with van der Waals surface area (Å²) in [5.74, 6) is -4.17. The summed E-state index contributed by atoms with van der Waals surface area (Å²) in [4.78, 5) is 41.9. The molecule has 222 valence electrons. The Labute approximate surface area is 254 Å². The fraction of sp³-hybridized carbons (Fsp3) is 0.364. The van der Waals surface area contributed by atoms with Gasteiger partial charge < -0.3 is 25.2 Å². The minimum atomic E-state index is -1.75. The van der Waals surface area contributed by atoms with Crippen LogP contribution in [0.2, 0.25) is 0 Å². The molecule has 0 aliphatic heterocycles. The first-order chi connectivity index (χ1) is 20.1. The zero-order valence-electron chi connectivity index (χ0n) is 24.5. The smallest absolute Gasteiger partial charge is 0.235 e. The van der Waals surface area contributed by atoms with E-state index in [1.54, 1.807) is 24.3 Å². The Morgan fingerprint density at radius 3 is 2.00 bits per heavy atom. The summed E-state index contributed by atoms with van der Waals surface area (Å²) < 4.78 is 11.6. The van der Waals surface area contributed by atoms with Gasteiger partial charge in [-0.15, -0.1) is 0 Å². The van der Waals surface area contributed by atoms with Crippen molar-refractivity contribution in [1.29, 1.82) is 0 Å². The molecule has 2 amide bonds. The number of ether oxygens (including phenoxy) is 2. The van der Waals surface area contributed by atoms with Gasteiger partial charge in [0.15, 0.2) is 11.5 Å². The number of hydrogen-bond donors (Lipinski definition) is 3. The first-order valence-electron chi connectivity index (χ1n) is 14.0. The maximum Gasteiger partial charge on any atom is 0.235 e. The van der Waals surface area contributed by atoms with Crippen molar-refractivity contribution in [3.05, 3.63) is 81.8 Å². The maximum atomic E-state index is 14.1. The molecule has 1 fully saturated rings. The molecule has 4 atom stereocenters. The monoisotopic (exact) mass is 636 g/mol. The predicted molar refractivity (Wildman–Crippen MR) is 166 cm³/mol. The number of anilines is 2. The summed E-state index contributed by atoms with van der Waals surface area (Å²) in [6.45, 7) is 5.44. The van der Waals surface area contributed by atoms with Gasteiger partial charge in [0.25, 0.3) is 0 Å². The number of carbonyl (C=O) groups is 3. The number of para-hydroxylation sites is 2. The molecule has 0 aromatic heterocycles. The van der Waals surface area contributed by atoms with Crippen molar-refractivity contribution in [3.63, 3.8) is 0 Å². The van der Waals surface area contributed by atoms with Crippen LogP contribution in [0.4, 0.5) is 11.4 Å². The van der Waals surface area contributed by atoms with Crippen molar-refractivity contribution in [1.82, 2.24) is 0 Å². The lowest BCUT2D eigenvalue weighted by molar-refractivity contribution is -0.150. The second-order valence-electron chi connectivity index (χ2n) is 10.7. The number of aliphatic hydroxyl groups is 1. The lowest BCUT2D eigenvalue weighted by Crippen LogP contribution is -2.56. The van der Waals surface area contributed by atoms with Crippen LogP contribution in [0, 0.1) is 11.8 Å². The first-order valence-corrected chi connectivity index (χ1v) is 14.8. The predicted octanol–water partition coefficient (Wildman–Crippen LogP) is 5.91. The van der Waals surface area contributed by atoms with Crippen molar-refractivity contribution in [2.75, 3.05) is 24.9 Å². The van der Waals surface area contributed by atoms with Crippen LogP contribution in [0.15, 0.2) is 65.1 Å². The van der Waals surface area contributed by atoms with Crippen LogP contribution in [0.25, 0.3) is 0 Å². The largest absolute Gasteiger partial charge is 0.493 e. The third kappa shape index (κ3) is 6.22. The molecule has 0 spiro atoms. The van der Waals surface area contributed by atoms with Crippen LogP contribution in [0.1, 0.15) is 49.8 Å². The van der Waals surface area contributed by atoms with E-state index in [9.17, 15) is 19.5 Å². The molecule has 0 heterocycles. The van der Waals surface area contributed by atoms with Gasteiger partial charge in [0.05, 0.1) is 30.2 Å². The first kappa shape index (κ1) is 31.3. The second-order valence-corrected chi connectivity index (χ2v) is 11.6. The number of carbonyl (C=O) groups excluding carboxylic acids is 3. The van der Waals surface area contributed by atoms with Crippen LogP contribution in [0.3, 0.4) is 0 Å². The second kappa shape index (κ2) is 13.1. The zero-order valence-corrected chi connectivity index (χ0v) is 26.1. The Morgan fingerprint density at radius 1 is 0.929 bits per heavy atom. The van der Waals surface area contributed by atoms with Gasteiger partial charge in [-0.1, -0.05) is 50.2 Å². The van der Waals surface area contributed by atoms with Crippen molar-refractivity contribution < 1.29 is 29.0 Å². The summed E-state index contributed by atoms with van der Waals surface area (Å²) in [5.41, 5.74) is 1.78. The van der Waals surface area contributed by atoms with E-state index in [0.29, 0.717) is 45.8 Å². The lowest BCUT2D eigenvalue weighted by Gasteiger charge is -2.44. The molecule has 3 N–H and O–H groups in total. The number of hydrogen-bond acceptors (Lipinski definition) is 6. The van der Waals surface area contributed by atoms with Crippen LogP contribution in [-0.2, 0) is 27.2 Å². The van der Waals surface area contributed by atoms with Gasteiger partial charge in [-0.05, 0) is 76.7 Å². The molecule has 4 unspecified atom stereocenters. The van der Waals surface area contributed by atoms with Gasteiger partial charge in [0.1, 0.15) is 11.7 Å². The number of Topliss-reactive ketones (excluding diaryl/α,β-unsaturated/α-hetero) is 1. The van der Waals surface area contributed by atoms with Gasteiger partial charge in [0.2, 0.25) is 11.8 Å². The fourth-order valence-corrected chi connectivity index (χ4v) is 6.57. The van der Waals surface area contributed by atoms with Gasteiger partial charge in [-0.2, -0.15) is 0 Å². The standard InChI is InChI=1S/C33H37BrN2O6/c1-6-19-12-8-10-14-23(19)35-31(38)28-25(37)18-33(3,40)29(32(39)36-24-15-11-9-13-20(24)7-2)27(28)21-16-22(34)30(42-5)26(17-21)41-4/h8-17,27-29,40H,6-7,18H2,1-5H3,(H,35,38)(H,36,39). The molecule has 1 aliphatic rings. The molecule has 4 rings (SSSR count). The van der Waals surface area contributed by atoms with E-state index in [-0.39, 0.29) is 6.42 Å². The minimum Gasteiger partial charge on any atom is -0.493 e. The Balaban J connectivity index is 1.87. The highest BCUT2D eigenvalue weighted by molar-refractivity contribution is 9.10. The van der Waals surface area contributed by atoms with E-state index in [1.165, 1.54) is 21.1 Å². The topological polar surface area (TPSA) is 114 Å². The Hall–Kier alpha value is -3.69. The third-order valence-corrected chi connectivity index (χ3v) is 8.57. The Bertz CT molecular complexity index is 1490. The summed E-state index contributed by atoms with van der Waals surface area (Å²) in [6, 6.07) is 18.2. The quantitative estimate of drug-likeness (QED) is 0.252. The summed E-state index contributed by atoms with van der Waals surface area (Å²) >= 11 is 3.51. The van der Waals surface area contributed by atoms with Crippen molar-refractivity contribution in [2.45, 2.75) is 51.6 Å². The molecule has 9 heteroatoms. The number of amides is 2. The molecule has 8 nitrogen and oxygen atoms in total. The highest BCUT2D eigenvalue weighted by atomic mass is 79.9. The van der Waals surface area contributed by atoms with Crippen LogP contribution >= 0.6 is 15.9 Å². The molecule has 0 saturated heterocycles. The molecule has 3 aromatic carbocycles. The third-order valence-electron chi connectivity index (χ3n) is 7.99. The molecular formula is C33H37BrN2O6. The molecule has 0 radical (unpaired) electrons. The number of nitrogens with one attached hydrogen (secondary N) is 2. The molecule has 3 aromatic rings. The number of ketones is 1. The number of methoxy groups -OCH3 is 2. The van der Waals surface area contributed by atoms with Gasteiger partial charge in [-0.25, -0.2) is 0 Å². The zero-order chi connectivity index (χ0) is 30.6. The van der Waals surface area contributed by atoms with E-state index in [2.05, 4.69) is 26.6 Å².